The highest BCUT2D eigenvalue weighted by Gasteiger charge is 2.08. The fourth-order valence-electron chi connectivity index (χ4n) is 2.74. The molecule has 0 aromatic heterocycles. The third-order valence-electron chi connectivity index (χ3n) is 4.28. The van der Waals surface area contributed by atoms with E-state index in [-0.39, 0.29) is 11.8 Å². The minimum absolute atomic E-state index is 0.0932. The van der Waals surface area contributed by atoms with Crippen molar-refractivity contribution in [2.45, 2.75) is 6.42 Å². The summed E-state index contributed by atoms with van der Waals surface area (Å²) in [6.07, 6.45) is 0.312. The van der Waals surface area contributed by atoms with E-state index in [0.29, 0.717) is 17.7 Å². The summed E-state index contributed by atoms with van der Waals surface area (Å²) in [4.78, 5) is 26.5. The number of hydrogen-bond donors (Lipinski definition) is 2. The lowest BCUT2D eigenvalue weighted by atomic mass is 10.1. The van der Waals surface area contributed by atoms with Crippen LogP contribution in [0.25, 0.3) is 0 Å². The molecule has 0 unspecified atom stereocenters. The first kappa shape index (κ1) is 19.2. The summed E-state index contributed by atoms with van der Waals surface area (Å²) >= 11 is 0. The molecule has 0 atom stereocenters. The van der Waals surface area contributed by atoms with Crippen molar-refractivity contribution in [1.29, 1.82) is 0 Å². The lowest BCUT2D eigenvalue weighted by Crippen LogP contribution is -2.15. The van der Waals surface area contributed by atoms with E-state index >= 15 is 0 Å². The minimum atomic E-state index is -0.195. The Kier molecular flexibility index (Phi) is 6.07. The Morgan fingerprint density at radius 1 is 0.750 bits per heavy atom. The number of amides is 2. The first-order valence-electron chi connectivity index (χ1n) is 9.04. The molecule has 0 aliphatic rings. The van der Waals surface area contributed by atoms with Crippen LogP contribution in [0.2, 0.25) is 0 Å². The van der Waals surface area contributed by atoms with E-state index in [2.05, 4.69) is 10.6 Å². The molecule has 0 spiro atoms. The number of carbonyl (C=O) groups is 2. The third-order valence-corrected chi connectivity index (χ3v) is 4.28. The second-order valence-electron chi connectivity index (χ2n) is 6.68. The highest BCUT2D eigenvalue weighted by atomic mass is 16.2. The Hall–Kier alpha value is -3.60. The van der Waals surface area contributed by atoms with Gasteiger partial charge in [0.25, 0.3) is 5.91 Å². The number of hydrogen-bond acceptors (Lipinski definition) is 3. The molecule has 0 bridgehead atoms. The van der Waals surface area contributed by atoms with Crippen LogP contribution in [0.1, 0.15) is 15.9 Å². The summed E-state index contributed by atoms with van der Waals surface area (Å²) in [6.45, 7) is 0. The average molecular weight is 373 g/mol. The Morgan fingerprint density at radius 3 is 1.93 bits per heavy atom. The van der Waals surface area contributed by atoms with Gasteiger partial charge in [0.1, 0.15) is 0 Å². The molecule has 28 heavy (non-hydrogen) atoms. The zero-order chi connectivity index (χ0) is 19.9. The van der Waals surface area contributed by atoms with Crippen LogP contribution < -0.4 is 15.5 Å². The summed E-state index contributed by atoms with van der Waals surface area (Å²) < 4.78 is 0. The van der Waals surface area contributed by atoms with E-state index in [9.17, 15) is 9.59 Å². The molecule has 3 rings (SSSR count). The molecule has 3 aromatic carbocycles. The first-order chi connectivity index (χ1) is 13.5. The van der Waals surface area contributed by atoms with Gasteiger partial charge in [0, 0.05) is 36.7 Å². The predicted octanol–water partition coefficient (Wildman–Crippen LogP) is 4.19. The predicted molar refractivity (Wildman–Crippen MR) is 114 cm³/mol. The zero-order valence-corrected chi connectivity index (χ0v) is 16.0. The van der Waals surface area contributed by atoms with Crippen molar-refractivity contribution in [3.8, 4) is 0 Å². The quantitative estimate of drug-likeness (QED) is 0.681. The monoisotopic (exact) mass is 373 g/mol. The molecule has 0 saturated carbocycles. The van der Waals surface area contributed by atoms with Gasteiger partial charge in [-0.25, -0.2) is 0 Å². The summed E-state index contributed by atoms with van der Waals surface area (Å²) in [5, 5.41) is 5.72. The first-order valence-corrected chi connectivity index (χ1v) is 9.04. The van der Waals surface area contributed by atoms with Crippen molar-refractivity contribution in [2.75, 3.05) is 29.6 Å². The molecule has 0 saturated heterocycles. The van der Waals surface area contributed by atoms with Crippen LogP contribution in [0.15, 0.2) is 78.9 Å². The number of rotatable bonds is 6. The van der Waals surface area contributed by atoms with Crippen LogP contribution in [0, 0.1) is 0 Å². The Morgan fingerprint density at radius 2 is 1.32 bits per heavy atom. The van der Waals surface area contributed by atoms with Crippen molar-refractivity contribution in [1.82, 2.24) is 0 Å². The number of nitrogens with one attached hydrogen (secondary N) is 2. The molecule has 0 aliphatic heterocycles. The van der Waals surface area contributed by atoms with Crippen LogP contribution in [0.5, 0.6) is 0 Å². The van der Waals surface area contributed by atoms with Crippen molar-refractivity contribution < 1.29 is 9.59 Å². The smallest absolute Gasteiger partial charge is 0.255 e. The van der Waals surface area contributed by atoms with Gasteiger partial charge < -0.3 is 15.5 Å². The lowest BCUT2D eigenvalue weighted by Gasteiger charge is -2.13. The van der Waals surface area contributed by atoms with E-state index < -0.39 is 0 Å². The molecule has 0 fully saturated rings. The zero-order valence-electron chi connectivity index (χ0n) is 16.0. The Bertz CT molecular complexity index is 934. The van der Waals surface area contributed by atoms with Crippen LogP contribution in [-0.4, -0.2) is 25.9 Å². The fraction of sp³-hybridized carbons (Fsp3) is 0.130. The summed E-state index contributed by atoms with van der Waals surface area (Å²) in [7, 11) is 3.93. The lowest BCUT2D eigenvalue weighted by molar-refractivity contribution is -0.115. The Balaban J connectivity index is 1.57. The van der Waals surface area contributed by atoms with Gasteiger partial charge in [-0.2, -0.15) is 0 Å². The van der Waals surface area contributed by atoms with E-state index in [1.807, 2.05) is 73.6 Å². The van der Waals surface area contributed by atoms with Gasteiger partial charge in [-0.3, -0.25) is 9.59 Å². The normalized spacial score (nSPS) is 10.2. The summed E-state index contributed by atoms with van der Waals surface area (Å²) in [5.41, 5.74) is 3.94. The van der Waals surface area contributed by atoms with Gasteiger partial charge in [0.2, 0.25) is 5.91 Å². The molecular weight excluding hydrogens is 350 g/mol. The van der Waals surface area contributed by atoms with Crippen LogP contribution in [0.4, 0.5) is 17.1 Å². The molecule has 142 valence electrons. The SMILES string of the molecule is CN(C)c1ccc(NC(=O)c2ccc(NC(=O)Cc3ccccc3)cc2)cc1. The van der Waals surface area contributed by atoms with E-state index in [1.165, 1.54) is 0 Å². The van der Waals surface area contributed by atoms with Crippen molar-refractivity contribution in [3.05, 3.63) is 90.0 Å². The number of anilines is 3. The maximum Gasteiger partial charge on any atom is 0.255 e. The van der Waals surface area contributed by atoms with E-state index in [1.54, 1.807) is 24.3 Å². The second-order valence-corrected chi connectivity index (χ2v) is 6.68. The summed E-state index contributed by atoms with van der Waals surface area (Å²) in [5.74, 6) is -0.288. The van der Waals surface area contributed by atoms with Crippen molar-refractivity contribution >= 4 is 28.9 Å². The van der Waals surface area contributed by atoms with Crippen LogP contribution in [-0.2, 0) is 11.2 Å². The number of benzene rings is 3. The summed E-state index contributed by atoms with van der Waals surface area (Å²) in [6, 6.07) is 24.0. The standard InChI is InChI=1S/C23H23N3O2/c1-26(2)21-14-12-20(13-15-21)25-23(28)18-8-10-19(11-9-18)24-22(27)16-17-6-4-3-5-7-17/h3-15H,16H2,1-2H3,(H,24,27)(H,25,28). The van der Waals surface area contributed by atoms with E-state index in [0.717, 1.165) is 16.9 Å². The molecular formula is C23H23N3O2. The largest absolute Gasteiger partial charge is 0.378 e. The molecule has 5 nitrogen and oxygen atoms in total. The Labute approximate surface area is 165 Å². The topological polar surface area (TPSA) is 61.4 Å². The van der Waals surface area contributed by atoms with Crippen molar-refractivity contribution in [3.63, 3.8) is 0 Å². The van der Waals surface area contributed by atoms with Gasteiger partial charge in [-0.05, 0) is 54.1 Å². The maximum absolute atomic E-state index is 12.4. The number of carbonyl (C=O) groups excluding carboxylic acids is 2. The number of nitrogens with zero attached hydrogens (tertiary/aromatic N) is 1. The van der Waals surface area contributed by atoms with Gasteiger partial charge in [-0.1, -0.05) is 30.3 Å². The van der Waals surface area contributed by atoms with E-state index in [4.69, 9.17) is 0 Å². The minimum Gasteiger partial charge on any atom is -0.378 e. The molecule has 0 aliphatic carbocycles. The molecule has 5 heteroatoms. The highest BCUT2D eigenvalue weighted by Crippen LogP contribution is 2.17. The molecule has 3 aromatic rings. The highest BCUT2D eigenvalue weighted by molar-refractivity contribution is 6.04. The van der Waals surface area contributed by atoms with Gasteiger partial charge >= 0.3 is 0 Å². The molecule has 2 amide bonds. The van der Waals surface area contributed by atoms with Crippen LogP contribution in [0.3, 0.4) is 0 Å². The van der Waals surface area contributed by atoms with Gasteiger partial charge in [0.05, 0.1) is 6.42 Å². The fourth-order valence-corrected chi connectivity index (χ4v) is 2.74. The molecule has 2 N–H and O–H groups in total. The average Bonchev–Trinajstić information content (AvgIpc) is 2.69. The van der Waals surface area contributed by atoms with Crippen molar-refractivity contribution in [2.24, 2.45) is 0 Å². The molecule has 0 heterocycles. The third kappa shape index (κ3) is 5.20. The van der Waals surface area contributed by atoms with Gasteiger partial charge in [-0.15, -0.1) is 0 Å². The van der Waals surface area contributed by atoms with Gasteiger partial charge in [0.15, 0.2) is 0 Å². The second kappa shape index (κ2) is 8.86. The van der Waals surface area contributed by atoms with Crippen LogP contribution >= 0.6 is 0 Å². The maximum atomic E-state index is 12.4. The molecule has 0 radical (unpaired) electrons.